The van der Waals surface area contributed by atoms with E-state index in [4.69, 9.17) is 9.47 Å². The Kier molecular flexibility index (Phi) is 4.46. The zero-order chi connectivity index (χ0) is 16.2. The highest BCUT2D eigenvalue weighted by Crippen LogP contribution is 2.32. The second-order valence-electron chi connectivity index (χ2n) is 5.44. The number of hydrogen-bond donors (Lipinski definition) is 1. The van der Waals surface area contributed by atoms with Gasteiger partial charge in [0.15, 0.2) is 11.5 Å². The van der Waals surface area contributed by atoms with Crippen molar-refractivity contribution in [2.75, 3.05) is 19.8 Å². The van der Waals surface area contributed by atoms with E-state index in [1.807, 2.05) is 13.0 Å². The fourth-order valence-electron chi connectivity index (χ4n) is 2.50. The summed E-state index contributed by atoms with van der Waals surface area (Å²) in [7, 11) is 0. The Labute approximate surface area is 134 Å². The molecule has 23 heavy (non-hydrogen) atoms. The largest absolute Gasteiger partial charge is 0.486 e. The number of benzene rings is 2. The van der Waals surface area contributed by atoms with Gasteiger partial charge in [0.05, 0.1) is 0 Å². The van der Waals surface area contributed by atoms with Gasteiger partial charge in [-0.05, 0) is 48.7 Å². The van der Waals surface area contributed by atoms with Crippen LogP contribution in [0.4, 0.5) is 4.39 Å². The molecule has 3 rings (SSSR count). The van der Waals surface area contributed by atoms with Gasteiger partial charge in [0.2, 0.25) is 0 Å². The standard InChI is InChI=1S/C18H18FNO3/c1-12-10-16-17(23-9-8-22-16)11-15(12)18(21)20-7-6-13-2-4-14(19)5-3-13/h2-5,10-11H,6-9H2,1H3,(H,20,21). The molecule has 0 aromatic heterocycles. The van der Waals surface area contributed by atoms with Gasteiger partial charge >= 0.3 is 0 Å². The molecule has 4 nitrogen and oxygen atoms in total. The van der Waals surface area contributed by atoms with Gasteiger partial charge in [-0.25, -0.2) is 4.39 Å². The van der Waals surface area contributed by atoms with Crippen LogP contribution in [0.25, 0.3) is 0 Å². The highest BCUT2D eigenvalue weighted by molar-refractivity contribution is 5.96. The summed E-state index contributed by atoms with van der Waals surface area (Å²) in [5.74, 6) is 0.869. The van der Waals surface area contributed by atoms with E-state index in [1.54, 1.807) is 18.2 Å². The van der Waals surface area contributed by atoms with Crippen molar-refractivity contribution < 1.29 is 18.7 Å². The van der Waals surface area contributed by atoms with Gasteiger partial charge in [-0.2, -0.15) is 0 Å². The fourth-order valence-corrected chi connectivity index (χ4v) is 2.50. The zero-order valence-electron chi connectivity index (χ0n) is 12.9. The molecule has 5 heteroatoms. The predicted octanol–water partition coefficient (Wildman–Crippen LogP) is 2.88. The highest BCUT2D eigenvalue weighted by Gasteiger charge is 2.17. The van der Waals surface area contributed by atoms with Gasteiger partial charge < -0.3 is 14.8 Å². The molecular formula is C18H18FNO3. The number of carbonyl (C=O) groups is 1. The van der Waals surface area contributed by atoms with Crippen molar-refractivity contribution in [1.29, 1.82) is 0 Å². The smallest absolute Gasteiger partial charge is 0.251 e. The average molecular weight is 315 g/mol. The van der Waals surface area contributed by atoms with Gasteiger partial charge in [0.25, 0.3) is 5.91 Å². The van der Waals surface area contributed by atoms with Gasteiger partial charge in [-0.3, -0.25) is 4.79 Å². The molecule has 0 atom stereocenters. The van der Waals surface area contributed by atoms with Crippen LogP contribution in [0.1, 0.15) is 21.5 Å². The highest BCUT2D eigenvalue weighted by atomic mass is 19.1. The van der Waals surface area contributed by atoms with Gasteiger partial charge in [0, 0.05) is 12.1 Å². The Morgan fingerprint density at radius 3 is 2.48 bits per heavy atom. The molecule has 2 aromatic rings. The summed E-state index contributed by atoms with van der Waals surface area (Å²) in [6.45, 7) is 3.36. The van der Waals surface area contributed by atoms with Crippen LogP contribution >= 0.6 is 0 Å². The molecule has 2 aromatic carbocycles. The topological polar surface area (TPSA) is 47.6 Å². The van der Waals surface area contributed by atoms with Crippen molar-refractivity contribution in [3.05, 3.63) is 58.9 Å². The van der Waals surface area contributed by atoms with E-state index in [-0.39, 0.29) is 11.7 Å². The third-order valence-electron chi connectivity index (χ3n) is 3.75. The fraction of sp³-hybridized carbons (Fsp3) is 0.278. The zero-order valence-corrected chi connectivity index (χ0v) is 12.9. The molecule has 0 saturated carbocycles. The van der Waals surface area contributed by atoms with Gasteiger partial charge in [-0.1, -0.05) is 12.1 Å². The summed E-state index contributed by atoms with van der Waals surface area (Å²) in [4.78, 5) is 12.3. The van der Waals surface area contributed by atoms with Crippen molar-refractivity contribution in [1.82, 2.24) is 5.32 Å². The Morgan fingerprint density at radius 2 is 1.78 bits per heavy atom. The number of nitrogens with one attached hydrogen (secondary N) is 1. The minimum atomic E-state index is -0.260. The second kappa shape index (κ2) is 6.69. The van der Waals surface area contributed by atoms with E-state index in [0.717, 1.165) is 11.1 Å². The summed E-state index contributed by atoms with van der Waals surface area (Å²) in [5.41, 5.74) is 2.40. The molecule has 0 radical (unpaired) electrons. The lowest BCUT2D eigenvalue weighted by Crippen LogP contribution is -2.27. The van der Waals surface area contributed by atoms with E-state index >= 15 is 0 Å². The number of amides is 1. The van der Waals surface area contributed by atoms with Crippen LogP contribution in [0.5, 0.6) is 11.5 Å². The van der Waals surface area contributed by atoms with Crippen LogP contribution in [-0.2, 0) is 6.42 Å². The van der Waals surface area contributed by atoms with E-state index < -0.39 is 0 Å². The van der Waals surface area contributed by atoms with E-state index in [1.165, 1.54) is 12.1 Å². The average Bonchev–Trinajstić information content (AvgIpc) is 2.56. The first-order chi connectivity index (χ1) is 11.1. The first kappa shape index (κ1) is 15.3. The van der Waals surface area contributed by atoms with Crippen LogP contribution in [0.3, 0.4) is 0 Å². The summed E-state index contributed by atoms with van der Waals surface area (Å²) in [6.07, 6.45) is 0.648. The number of hydrogen-bond acceptors (Lipinski definition) is 3. The number of fused-ring (bicyclic) bond motifs is 1. The molecule has 120 valence electrons. The number of rotatable bonds is 4. The number of carbonyl (C=O) groups excluding carboxylic acids is 1. The number of aryl methyl sites for hydroxylation is 1. The molecule has 1 aliphatic heterocycles. The summed E-state index contributed by atoms with van der Waals surface area (Å²) in [6, 6.07) is 9.82. The monoisotopic (exact) mass is 315 g/mol. The van der Waals surface area contributed by atoms with Crippen LogP contribution in [0.2, 0.25) is 0 Å². The number of ether oxygens (including phenoxy) is 2. The first-order valence-corrected chi connectivity index (χ1v) is 7.56. The van der Waals surface area contributed by atoms with Crippen LogP contribution in [0.15, 0.2) is 36.4 Å². The van der Waals surface area contributed by atoms with E-state index in [0.29, 0.717) is 43.2 Å². The molecule has 1 N–H and O–H groups in total. The molecule has 0 fully saturated rings. The SMILES string of the molecule is Cc1cc2c(cc1C(=O)NCCc1ccc(F)cc1)OCCO2. The predicted molar refractivity (Wildman–Crippen MR) is 84.6 cm³/mol. The minimum Gasteiger partial charge on any atom is -0.486 e. The van der Waals surface area contributed by atoms with Crippen LogP contribution in [-0.4, -0.2) is 25.7 Å². The normalized spacial score (nSPS) is 12.8. The van der Waals surface area contributed by atoms with Crippen molar-refractivity contribution in [3.8, 4) is 11.5 Å². The third-order valence-corrected chi connectivity index (χ3v) is 3.75. The molecule has 0 aliphatic carbocycles. The van der Waals surface area contributed by atoms with Crippen molar-refractivity contribution in [3.63, 3.8) is 0 Å². The molecule has 0 spiro atoms. The van der Waals surface area contributed by atoms with Crippen LogP contribution in [0, 0.1) is 12.7 Å². The Hall–Kier alpha value is -2.56. The van der Waals surface area contributed by atoms with Gasteiger partial charge in [0.1, 0.15) is 19.0 Å². The molecule has 1 aliphatic rings. The first-order valence-electron chi connectivity index (χ1n) is 7.56. The Morgan fingerprint density at radius 1 is 1.13 bits per heavy atom. The van der Waals surface area contributed by atoms with E-state index in [9.17, 15) is 9.18 Å². The second-order valence-corrected chi connectivity index (χ2v) is 5.44. The maximum atomic E-state index is 12.8. The lowest BCUT2D eigenvalue weighted by molar-refractivity contribution is 0.0952. The lowest BCUT2D eigenvalue weighted by Gasteiger charge is -2.20. The van der Waals surface area contributed by atoms with Gasteiger partial charge in [-0.15, -0.1) is 0 Å². The van der Waals surface area contributed by atoms with Crippen molar-refractivity contribution in [2.45, 2.75) is 13.3 Å². The maximum Gasteiger partial charge on any atom is 0.251 e. The maximum absolute atomic E-state index is 12.8. The lowest BCUT2D eigenvalue weighted by atomic mass is 10.1. The minimum absolute atomic E-state index is 0.151. The molecule has 0 saturated heterocycles. The van der Waals surface area contributed by atoms with Crippen molar-refractivity contribution >= 4 is 5.91 Å². The number of halogens is 1. The molecule has 1 heterocycles. The molecule has 0 bridgehead atoms. The third kappa shape index (κ3) is 3.62. The molecule has 0 unspecified atom stereocenters. The quantitative estimate of drug-likeness (QED) is 0.944. The van der Waals surface area contributed by atoms with Crippen molar-refractivity contribution in [2.24, 2.45) is 0 Å². The summed E-state index contributed by atoms with van der Waals surface area (Å²) >= 11 is 0. The summed E-state index contributed by atoms with van der Waals surface area (Å²) in [5, 5.41) is 2.88. The molecular weight excluding hydrogens is 297 g/mol. The van der Waals surface area contributed by atoms with E-state index in [2.05, 4.69) is 5.32 Å². The molecule has 1 amide bonds. The van der Waals surface area contributed by atoms with Crippen LogP contribution < -0.4 is 14.8 Å². The Bertz CT molecular complexity index is 713. The Balaban J connectivity index is 1.63. The summed E-state index contributed by atoms with van der Waals surface area (Å²) < 4.78 is 23.9.